The van der Waals surface area contributed by atoms with Gasteiger partial charge in [-0.2, -0.15) is 0 Å². The number of methoxy groups -OCH3 is 2. The van der Waals surface area contributed by atoms with E-state index in [4.69, 9.17) is 9.47 Å². The largest absolute Gasteiger partial charge is 0.497 e. The van der Waals surface area contributed by atoms with E-state index in [2.05, 4.69) is 53.2 Å². The molecule has 1 aliphatic rings. The summed E-state index contributed by atoms with van der Waals surface area (Å²) in [5.41, 5.74) is 6.31. The van der Waals surface area contributed by atoms with Crippen molar-refractivity contribution < 1.29 is 9.47 Å². The molecule has 26 heavy (non-hydrogen) atoms. The zero-order valence-corrected chi connectivity index (χ0v) is 15.7. The Morgan fingerprint density at radius 1 is 1.04 bits per heavy atom. The molecule has 2 aromatic carbocycles. The van der Waals surface area contributed by atoms with E-state index >= 15 is 0 Å². The van der Waals surface area contributed by atoms with Crippen LogP contribution in [0.15, 0.2) is 42.5 Å². The fraction of sp³-hybridized carbons (Fsp3) is 0.364. The van der Waals surface area contributed by atoms with Gasteiger partial charge >= 0.3 is 0 Å². The highest BCUT2D eigenvalue weighted by Gasteiger charge is 2.16. The van der Waals surface area contributed by atoms with Gasteiger partial charge in [0.05, 0.1) is 13.2 Å². The van der Waals surface area contributed by atoms with Crippen LogP contribution < -0.4 is 10.1 Å². The van der Waals surface area contributed by atoms with E-state index in [0.717, 1.165) is 37.4 Å². The number of nitrogens with zero attached hydrogens (tertiary/aromatic N) is 1. The van der Waals surface area contributed by atoms with Crippen LogP contribution in [0.2, 0.25) is 0 Å². The van der Waals surface area contributed by atoms with Gasteiger partial charge in [0.15, 0.2) is 0 Å². The quantitative estimate of drug-likeness (QED) is 0.767. The van der Waals surface area contributed by atoms with Crippen LogP contribution in [0.4, 0.5) is 0 Å². The summed E-state index contributed by atoms with van der Waals surface area (Å²) in [7, 11) is 3.45. The summed E-state index contributed by atoms with van der Waals surface area (Å²) < 4.78 is 13.5. The predicted octanol–water partition coefficient (Wildman–Crippen LogP) is 4.17. The van der Waals surface area contributed by atoms with Crippen LogP contribution in [-0.4, -0.2) is 31.9 Å². The summed E-state index contributed by atoms with van der Waals surface area (Å²) in [5, 5.41) is 4.78. The normalized spacial score (nSPS) is 15.5. The molecule has 0 saturated carbocycles. The molecule has 1 N–H and O–H groups in total. The average Bonchev–Trinajstić information content (AvgIpc) is 2.86. The van der Waals surface area contributed by atoms with Gasteiger partial charge in [0.1, 0.15) is 5.75 Å². The van der Waals surface area contributed by atoms with Gasteiger partial charge in [-0.25, -0.2) is 0 Å². The Bertz CT molecular complexity index is 929. The summed E-state index contributed by atoms with van der Waals surface area (Å²) in [6.45, 7) is 5.20. The molecule has 1 aliphatic heterocycles. The first-order valence-electron chi connectivity index (χ1n) is 9.25. The van der Waals surface area contributed by atoms with E-state index in [-0.39, 0.29) is 6.10 Å². The standard InChI is InChI=1S/C22H26N2O2/c1-15(25-2)21-14-19(26-3)5-6-20(21)16-4-7-22-17(12-16)13-18-8-9-23-10-11-24(18)22/h4-7,12-15,23H,8-11H2,1-3H3. The lowest BCUT2D eigenvalue weighted by Gasteiger charge is -2.17. The molecule has 4 rings (SSSR count). The topological polar surface area (TPSA) is 35.4 Å². The van der Waals surface area contributed by atoms with Gasteiger partial charge in [0.25, 0.3) is 0 Å². The maximum atomic E-state index is 5.60. The third kappa shape index (κ3) is 3.00. The SMILES string of the molecule is COc1ccc(-c2ccc3c(c2)cc2n3CCNCC2)c(C(C)OC)c1. The Labute approximate surface area is 154 Å². The van der Waals surface area contributed by atoms with Crippen molar-refractivity contribution in [2.45, 2.75) is 26.0 Å². The molecule has 0 saturated heterocycles. The molecule has 3 aromatic rings. The van der Waals surface area contributed by atoms with Crippen molar-refractivity contribution in [1.82, 2.24) is 9.88 Å². The van der Waals surface area contributed by atoms with Crippen molar-refractivity contribution in [3.05, 3.63) is 53.7 Å². The number of rotatable bonds is 4. The maximum Gasteiger partial charge on any atom is 0.119 e. The molecule has 4 nitrogen and oxygen atoms in total. The molecular weight excluding hydrogens is 324 g/mol. The summed E-state index contributed by atoms with van der Waals surface area (Å²) >= 11 is 0. The molecule has 0 bridgehead atoms. The first-order valence-corrected chi connectivity index (χ1v) is 9.25. The van der Waals surface area contributed by atoms with E-state index in [1.807, 2.05) is 6.07 Å². The number of nitrogens with one attached hydrogen (secondary N) is 1. The average molecular weight is 350 g/mol. The zero-order valence-electron chi connectivity index (χ0n) is 15.7. The number of aromatic nitrogens is 1. The van der Waals surface area contributed by atoms with E-state index in [1.54, 1.807) is 14.2 Å². The second-order valence-electron chi connectivity index (χ2n) is 6.89. The van der Waals surface area contributed by atoms with Crippen molar-refractivity contribution in [3.8, 4) is 16.9 Å². The van der Waals surface area contributed by atoms with Crippen molar-refractivity contribution in [3.63, 3.8) is 0 Å². The Hall–Kier alpha value is -2.30. The lowest BCUT2D eigenvalue weighted by molar-refractivity contribution is 0.120. The van der Waals surface area contributed by atoms with Crippen LogP contribution in [-0.2, 0) is 17.7 Å². The highest BCUT2D eigenvalue weighted by atomic mass is 16.5. The third-order valence-electron chi connectivity index (χ3n) is 5.42. The van der Waals surface area contributed by atoms with Crippen molar-refractivity contribution >= 4 is 10.9 Å². The van der Waals surface area contributed by atoms with E-state index in [9.17, 15) is 0 Å². The minimum absolute atomic E-state index is 0.00706. The van der Waals surface area contributed by atoms with Crippen LogP contribution in [0.1, 0.15) is 24.3 Å². The summed E-state index contributed by atoms with van der Waals surface area (Å²) in [6.07, 6.45) is 1.09. The van der Waals surface area contributed by atoms with Gasteiger partial charge < -0.3 is 19.4 Å². The number of hydrogen-bond acceptors (Lipinski definition) is 3. The van der Waals surface area contributed by atoms with Crippen molar-refractivity contribution in [1.29, 1.82) is 0 Å². The Morgan fingerprint density at radius 2 is 1.92 bits per heavy atom. The minimum atomic E-state index is 0.00706. The first-order chi connectivity index (χ1) is 12.7. The van der Waals surface area contributed by atoms with Crippen LogP contribution in [0.5, 0.6) is 5.75 Å². The summed E-state index contributed by atoms with van der Waals surface area (Å²) in [5.74, 6) is 0.858. The highest BCUT2D eigenvalue weighted by molar-refractivity contribution is 5.87. The van der Waals surface area contributed by atoms with Crippen LogP contribution in [0.25, 0.3) is 22.0 Å². The summed E-state index contributed by atoms with van der Waals surface area (Å²) in [4.78, 5) is 0. The molecule has 0 amide bonds. The van der Waals surface area contributed by atoms with Crippen molar-refractivity contribution in [2.75, 3.05) is 27.3 Å². The minimum Gasteiger partial charge on any atom is -0.497 e. The Kier molecular flexibility index (Phi) is 4.70. The predicted molar refractivity (Wildman–Crippen MR) is 106 cm³/mol. The van der Waals surface area contributed by atoms with E-state index < -0.39 is 0 Å². The van der Waals surface area contributed by atoms with Gasteiger partial charge in [0.2, 0.25) is 0 Å². The molecule has 0 spiro atoms. The van der Waals surface area contributed by atoms with Crippen LogP contribution in [0.3, 0.4) is 0 Å². The zero-order chi connectivity index (χ0) is 18.1. The van der Waals surface area contributed by atoms with E-state index in [1.165, 1.54) is 27.7 Å². The fourth-order valence-corrected chi connectivity index (χ4v) is 3.89. The molecule has 0 fully saturated rings. The lowest BCUT2D eigenvalue weighted by atomic mass is 9.95. The molecule has 0 radical (unpaired) electrons. The molecule has 1 unspecified atom stereocenters. The molecule has 2 heterocycles. The highest BCUT2D eigenvalue weighted by Crippen LogP contribution is 2.35. The molecule has 1 aromatic heterocycles. The second kappa shape index (κ2) is 7.14. The van der Waals surface area contributed by atoms with Gasteiger partial charge in [0, 0.05) is 49.8 Å². The number of hydrogen-bond donors (Lipinski definition) is 1. The summed E-state index contributed by atoms with van der Waals surface area (Å²) in [6, 6.07) is 15.4. The van der Waals surface area contributed by atoms with Crippen LogP contribution in [0, 0.1) is 0 Å². The van der Waals surface area contributed by atoms with Gasteiger partial charge in [-0.05, 0) is 53.9 Å². The molecule has 136 valence electrons. The molecular formula is C22H26N2O2. The van der Waals surface area contributed by atoms with Gasteiger partial charge in [-0.15, -0.1) is 0 Å². The van der Waals surface area contributed by atoms with Crippen LogP contribution >= 0.6 is 0 Å². The monoisotopic (exact) mass is 350 g/mol. The second-order valence-corrected chi connectivity index (χ2v) is 6.89. The van der Waals surface area contributed by atoms with E-state index in [0.29, 0.717) is 0 Å². The van der Waals surface area contributed by atoms with Crippen molar-refractivity contribution in [2.24, 2.45) is 0 Å². The number of fused-ring (bicyclic) bond motifs is 3. The Morgan fingerprint density at radius 3 is 2.73 bits per heavy atom. The Balaban J connectivity index is 1.82. The first kappa shape index (κ1) is 17.1. The number of ether oxygens (including phenoxy) is 2. The molecule has 0 aliphatic carbocycles. The smallest absolute Gasteiger partial charge is 0.119 e. The third-order valence-corrected chi connectivity index (χ3v) is 5.42. The van der Waals surface area contributed by atoms with Gasteiger partial charge in [-0.3, -0.25) is 0 Å². The lowest BCUT2D eigenvalue weighted by Crippen LogP contribution is -2.17. The molecule has 1 atom stereocenters. The number of benzene rings is 2. The maximum absolute atomic E-state index is 5.60. The fourth-order valence-electron chi connectivity index (χ4n) is 3.89. The molecule has 4 heteroatoms. The van der Waals surface area contributed by atoms with Gasteiger partial charge in [-0.1, -0.05) is 12.1 Å².